The van der Waals surface area contributed by atoms with Crippen LogP contribution in [0.1, 0.15) is 17.3 Å². The van der Waals surface area contributed by atoms with Crippen LogP contribution in [-0.4, -0.2) is 38.6 Å². The molecule has 0 spiro atoms. The number of nitrogens with zero attached hydrogens (tertiary/aromatic N) is 3. The molecule has 9 nitrogen and oxygen atoms in total. The van der Waals surface area contributed by atoms with Crippen LogP contribution in [-0.2, 0) is 0 Å². The van der Waals surface area contributed by atoms with E-state index in [9.17, 15) is 14.7 Å². The minimum Gasteiger partial charge on any atom is -0.478 e. The van der Waals surface area contributed by atoms with Crippen molar-refractivity contribution in [2.24, 2.45) is 0 Å². The number of halogens is 1. The predicted molar refractivity (Wildman–Crippen MR) is 102 cm³/mol. The van der Waals surface area contributed by atoms with Crippen molar-refractivity contribution in [1.29, 1.82) is 0 Å². The van der Waals surface area contributed by atoms with Gasteiger partial charge in [-0.05, 0) is 31.2 Å². The molecule has 2 heterocycles. The lowest BCUT2D eigenvalue weighted by Gasteiger charge is -2.10. The molecule has 4 N–H and O–H groups in total. The van der Waals surface area contributed by atoms with Gasteiger partial charge >= 0.3 is 12.0 Å². The van der Waals surface area contributed by atoms with Gasteiger partial charge in [-0.15, -0.1) is 0 Å². The van der Waals surface area contributed by atoms with E-state index in [0.717, 1.165) is 0 Å². The van der Waals surface area contributed by atoms with Crippen molar-refractivity contribution in [2.45, 2.75) is 6.92 Å². The summed E-state index contributed by atoms with van der Waals surface area (Å²) in [7, 11) is 0. The standard InChI is InChI=1S/C17H15ClN6O3/c1-2-19-17(27)24-12-7-6-11-15(22-12)23-13(8-20-11)21-10-5-3-4-9(18)14(10)16(25)26/h3-8H,2H2,1H3,(H,25,26)(H3,19,21,22,23,24,27). The van der Waals surface area contributed by atoms with Crippen molar-refractivity contribution in [2.75, 3.05) is 17.2 Å². The van der Waals surface area contributed by atoms with Gasteiger partial charge in [0.2, 0.25) is 0 Å². The molecule has 3 rings (SSSR count). The van der Waals surface area contributed by atoms with Crippen LogP contribution in [0.3, 0.4) is 0 Å². The second kappa shape index (κ2) is 7.83. The third kappa shape index (κ3) is 4.21. The molecule has 138 valence electrons. The van der Waals surface area contributed by atoms with Crippen LogP contribution in [0.15, 0.2) is 36.5 Å². The third-order valence-corrected chi connectivity index (χ3v) is 3.79. The summed E-state index contributed by atoms with van der Waals surface area (Å²) in [5.41, 5.74) is 1.01. The molecule has 10 heteroatoms. The van der Waals surface area contributed by atoms with Crippen molar-refractivity contribution in [3.63, 3.8) is 0 Å². The van der Waals surface area contributed by atoms with Gasteiger partial charge in [0.15, 0.2) is 11.5 Å². The summed E-state index contributed by atoms with van der Waals surface area (Å²) in [6.45, 7) is 2.29. The molecule has 0 radical (unpaired) electrons. The van der Waals surface area contributed by atoms with Crippen LogP contribution < -0.4 is 16.0 Å². The Bertz CT molecular complexity index is 1030. The molecule has 0 fully saturated rings. The highest BCUT2D eigenvalue weighted by molar-refractivity contribution is 6.34. The lowest BCUT2D eigenvalue weighted by atomic mass is 10.2. The highest BCUT2D eigenvalue weighted by Gasteiger charge is 2.15. The second-order valence-corrected chi connectivity index (χ2v) is 5.78. The smallest absolute Gasteiger partial charge is 0.339 e. The summed E-state index contributed by atoms with van der Waals surface area (Å²) >= 11 is 5.97. The molecule has 0 aliphatic heterocycles. The molecule has 27 heavy (non-hydrogen) atoms. The largest absolute Gasteiger partial charge is 0.478 e. The first kappa shape index (κ1) is 18.3. The van der Waals surface area contributed by atoms with Crippen LogP contribution in [0, 0.1) is 0 Å². The summed E-state index contributed by atoms with van der Waals surface area (Å²) in [6, 6.07) is 7.58. The number of anilines is 3. The van der Waals surface area contributed by atoms with E-state index < -0.39 is 5.97 Å². The molecule has 0 aliphatic carbocycles. The number of hydrogen-bond donors (Lipinski definition) is 4. The number of amides is 2. The minimum absolute atomic E-state index is 0.0688. The number of aromatic carboxylic acids is 1. The van der Waals surface area contributed by atoms with Crippen LogP contribution in [0.4, 0.5) is 22.1 Å². The summed E-state index contributed by atoms with van der Waals surface area (Å²) in [5, 5.41) is 17.5. The first-order valence-corrected chi connectivity index (χ1v) is 8.33. The monoisotopic (exact) mass is 386 g/mol. The zero-order chi connectivity index (χ0) is 19.4. The number of pyridine rings is 1. The molecular formula is C17H15ClN6O3. The summed E-state index contributed by atoms with van der Waals surface area (Å²) in [4.78, 5) is 35.8. The maximum atomic E-state index is 11.6. The fourth-order valence-electron chi connectivity index (χ4n) is 2.33. The molecule has 0 saturated carbocycles. The lowest BCUT2D eigenvalue weighted by molar-refractivity contribution is 0.0698. The number of benzene rings is 1. The van der Waals surface area contributed by atoms with Crippen molar-refractivity contribution >= 4 is 52.1 Å². The maximum Gasteiger partial charge on any atom is 0.339 e. The molecule has 1 aromatic carbocycles. The number of carboxylic acid groups (broad SMARTS) is 1. The fourth-order valence-corrected chi connectivity index (χ4v) is 2.59. The maximum absolute atomic E-state index is 11.6. The molecular weight excluding hydrogens is 372 g/mol. The van der Waals surface area contributed by atoms with Gasteiger partial charge in [0.25, 0.3) is 0 Å². The predicted octanol–water partition coefficient (Wildman–Crippen LogP) is 3.26. The Morgan fingerprint density at radius 3 is 2.67 bits per heavy atom. The van der Waals surface area contributed by atoms with Crippen molar-refractivity contribution in [3.05, 3.63) is 47.1 Å². The van der Waals surface area contributed by atoms with Gasteiger partial charge in [-0.25, -0.2) is 24.5 Å². The average molecular weight is 387 g/mol. The van der Waals surface area contributed by atoms with Crippen molar-refractivity contribution in [3.8, 4) is 0 Å². The Morgan fingerprint density at radius 2 is 1.93 bits per heavy atom. The Morgan fingerprint density at radius 1 is 1.15 bits per heavy atom. The highest BCUT2D eigenvalue weighted by atomic mass is 35.5. The zero-order valence-corrected chi connectivity index (χ0v) is 14.9. The Kier molecular flexibility index (Phi) is 5.32. The summed E-state index contributed by atoms with van der Waals surface area (Å²) in [6.07, 6.45) is 1.45. The van der Waals surface area contributed by atoms with E-state index in [1.54, 1.807) is 31.2 Å². The SMILES string of the molecule is CCNC(=O)Nc1ccc2ncc(Nc3cccc(Cl)c3C(=O)O)nc2n1. The fraction of sp³-hybridized carbons (Fsp3) is 0.118. The van der Waals surface area contributed by atoms with Gasteiger partial charge in [-0.3, -0.25) is 5.32 Å². The molecule has 0 unspecified atom stereocenters. The number of carboxylic acids is 1. The number of nitrogens with one attached hydrogen (secondary N) is 3. The van der Waals surface area contributed by atoms with E-state index in [-0.39, 0.29) is 33.8 Å². The van der Waals surface area contributed by atoms with Crippen molar-refractivity contribution in [1.82, 2.24) is 20.3 Å². The highest BCUT2D eigenvalue weighted by Crippen LogP contribution is 2.27. The number of carbonyl (C=O) groups is 2. The van der Waals surface area contributed by atoms with E-state index in [2.05, 4.69) is 30.9 Å². The topological polar surface area (TPSA) is 129 Å². The van der Waals surface area contributed by atoms with E-state index >= 15 is 0 Å². The third-order valence-electron chi connectivity index (χ3n) is 3.48. The van der Waals surface area contributed by atoms with E-state index in [1.807, 2.05) is 0 Å². The van der Waals surface area contributed by atoms with E-state index in [0.29, 0.717) is 17.9 Å². The normalized spacial score (nSPS) is 10.4. The number of aromatic nitrogens is 3. The summed E-state index contributed by atoms with van der Waals surface area (Å²) in [5.74, 6) is -0.563. The number of carbonyl (C=O) groups excluding carboxylic acids is 1. The van der Waals surface area contributed by atoms with Gasteiger partial charge in [0.1, 0.15) is 16.9 Å². The second-order valence-electron chi connectivity index (χ2n) is 5.37. The van der Waals surface area contributed by atoms with Gasteiger partial charge in [-0.1, -0.05) is 17.7 Å². The number of urea groups is 1. The Balaban J connectivity index is 1.91. The van der Waals surface area contributed by atoms with Crippen LogP contribution >= 0.6 is 11.6 Å². The molecule has 0 aliphatic rings. The first-order chi connectivity index (χ1) is 13.0. The van der Waals surface area contributed by atoms with Crippen LogP contribution in [0.2, 0.25) is 5.02 Å². The minimum atomic E-state index is -1.16. The molecule has 2 amide bonds. The van der Waals surface area contributed by atoms with E-state index in [4.69, 9.17) is 11.6 Å². The molecule has 3 aromatic rings. The van der Waals surface area contributed by atoms with Gasteiger partial charge in [0, 0.05) is 6.54 Å². The first-order valence-electron chi connectivity index (χ1n) is 7.95. The van der Waals surface area contributed by atoms with Crippen LogP contribution in [0.25, 0.3) is 11.2 Å². The summed E-state index contributed by atoms with van der Waals surface area (Å²) < 4.78 is 0. The van der Waals surface area contributed by atoms with Gasteiger partial charge in [0.05, 0.1) is 16.9 Å². The van der Waals surface area contributed by atoms with E-state index in [1.165, 1.54) is 12.3 Å². The molecule has 0 atom stereocenters. The van der Waals surface area contributed by atoms with Crippen molar-refractivity contribution < 1.29 is 14.7 Å². The molecule has 0 saturated heterocycles. The van der Waals surface area contributed by atoms with Gasteiger partial charge in [-0.2, -0.15) is 0 Å². The number of hydrogen-bond acceptors (Lipinski definition) is 6. The lowest BCUT2D eigenvalue weighted by Crippen LogP contribution is -2.28. The number of fused-ring (bicyclic) bond motifs is 1. The Hall–Kier alpha value is -3.46. The average Bonchev–Trinajstić information content (AvgIpc) is 2.61. The quantitative estimate of drug-likeness (QED) is 0.529. The zero-order valence-electron chi connectivity index (χ0n) is 14.2. The molecule has 0 bridgehead atoms. The Labute approximate surface area is 158 Å². The van der Waals surface area contributed by atoms with Crippen LogP contribution in [0.5, 0.6) is 0 Å². The molecule has 2 aromatic heterocycles. The van der Waals surface area contributed by atoms with Gasteiger partial charge < -0.3 is 15.7 Å². The number of rotatable bonds is 5.